The summed E-state index contributed by atoms with van der Waals surface area (Å²) in [4.78, 5) is 38.4. The van der Waals surface area contributed by atoms with Crippen LogP contribution in [-0.4, -0.2) is 69.8 Å². The molecular weight excluding hydrogens is 450 g/mol. The minimum atomic E-state index is -0.912. The quantitative estimate of drug-likeness (QED) is 0.283. The van der Waals surface area contributed by atoms with Gasteiger partial charge in [-0.3, -0.25) is 14.4 Å². The van der Waals surface area contributed by atoms with E-state index in [2.05, 4.69) is 16.0 Å². The second kappa shape index (κ2) is 14.8. The predicted octanol–water partition coefficient (Wildman–Crippen LogP) is 1.62. The summed E-state index contributed by atoms with van der Waals surface area (Å²) in [7, 11) is 3.05. The Hall–Kier alpha value is -1.23. The first-order valence-corrected chi connectivity index (χ1v) is 13.7. The van der Waals surface area contributed by atoms with E-state index in [1.54, 1.807) is 30.7 Å². The molecular formula is C22H39N3O5S2. The zero-order valence-electron chi connectivity index (χ0n) is 19.7. The molecule has 5 atom stereocenters. The van der Waals surface area contributed by atoms with Gasteiger partial charge < -0.3 is 26.2 Å². The molecule has 0 aromatic rings. The van der Waals surface area contributed by atoms with E-state index in [4.69, 9.17) is 0 Å². The molecule has 0 aromatic carbocycles. The molecule has 0 aromatic heterocycles. The van der Waals surface area contributed by atoms with Gasteiger partial charge in [-0.1, -0.05) is 68.4 Å². The van der Waals surface area contributed by atoms with Crippen LogP contribution in [0.2, 0.25) is 0 Å². The number of hydrogen-bond acceptors (Lipinski definition) is 7. The summed E-state index contributed by atoms with van der Waals surface area (Å²) in [6, 6.07) is -2.07. The van der Waals surface area contributed by atoms with Crippen LogP contribution in [0, 0.1) is 11.8 Å². The second-order valence-corrected chi connectivity index (χ2v) is 11.3. The van der Waals surface area contributed by atoms with Crippen molar-refractivity contribution in [3.63, 3.8) is 0 Å². The molecule has 1 aliphatic rings. The lowest BCUT2D eigenvalue weighted by atomic mass is 9.96. The minimum absolute atomic E-state index is 0.0230. The fourth-order valence-corrected chi connectivity index (χ4v) is 5.40. The molecule has 5 N–H and O–H groups in total. The molecule has 1 heterocycles. The average Bonchev–Trinajstić information content (AvgIpc) is 2.72. The number of hydrogen-bond donors (Lipinski definition) is 5. The van der Waals surface area contributed by atoms with E-state index < -0.39 is 42.1 Å². The third-order valence-electron chi connectivity index (χ3n) is 5.20. The maximum atomic E-state index is 13.1. The van der Waals surface area contributed by atoms with Gasteiger partial charge >= 0.3 is 0 Å². The lowest BCUT2D eigenvalue weighted by Gasteiger charge is -2.30. The molecule has 10 heteroatoms. The van der Waals surface area contributed by atoms with Crippen molar-refractivity contribution in [2.45, 2.75) is 84.2 Å². The smallest absolute Gasteiger partial charge is 0.243 e. The van der Waals surface area contributed by atoms with Gasteiger partial charge in [0.1, 0.15) is 12.1 Å². The van der Waals surface area contributed by atoms with Crippen molar-refractivity contribution in [3.05, 3.63) is 12.2 Å². The highest BCUT2D eigenvalue weighted by Crippen LogP contribution is 2.23. The SMILES string of the molecule is CC[C@H](O)C(NC(=O)[C@H]1CSSCC/C=C/[C@@H](O)CC(=O)N[C@H](C(C)C)C(=O)N1)C(C)C. The molecule has 0 fully saturated rings. The normalized spacial score (nSPS) is 27.0. The third kappa shape index (κ3) is 10.1. The average molecular weight is 490 g/mol. The Morgan fingerprint density at radius 2 is 1.91 bits per heavy atom. The molecule has 0 aliphatic carbocycles. The van der Waals surface area contributed by atoms with Crippen LogP contribution < -0.4 is 16.0 Å². The number of allylic oxidation sites excluding steroid dienone is 1. The summed E-state index contributed by atoms with van der Waals surface area (Å²) in [5, 5.41) is 28.7. The van der Waals surface area contributed by atoms with E-state index >= 15 is 0 Å². The summed E-state index contributed by atoms with van der Waals surface area (Å²) < 4.78 is 0. The summed E-state index contributed by atoms with van der Waals surface area (Å²) >= 11 is 0. The first kappa shape index (κ1) is 28.8. The fraction of sp³-hybridized carbons (Fsp3) is 0.773. The number of rotatable bonds is 6. The van der Waals surface area contributed by atoms with Crippen LogP contribution in [0.1, 0.15) is 53.9 Å². The number of nitrogens with one attached hydrogen (secondary N) is 3. The number of aliphatic hydroxyl groups excluding tert-OH is 2. The Labute approximate surface area is 199 Å². The Balaban J connectivity index is 3.04. The number of aliphatic hydroxyl groups is 2. The van der Waals surface area contributed by atoms with Crippen molar-refractivity contribution in [3.8, 4) is 0 Å². The Kier molecular flexibility index (Phi) is 13.3. The first-order valence-electron chi connectivity index (χ1n) is 11.2. The maximum Gasteiger partial charge on any atom is 0.243 e. The molecule has 1 unspecified atom stereocenters. The van der Waals surface area contributed by atoms with E-state index in [0.29, 0.717) is 18.6 Å². The van der Waals surface area contributed by atoms with E-state index in [1.165, 1.54) is 10.8 Å². The molecule has 0 spiro atoms. The van der Waals surface area contributed by atoms with Gasteiger partial charge in [-0.05, 0) is 24.7 Å². The van der Waals surface area contributed by atoms with Crippen molar-refractivity contribution in [2.24, 2.45) is 11.8 Å². The van der Waals surface area contributed by atoms with E-state index in [-0.39, 0.29) is 24.2 Å². The van der Waals surface area contributed by atoms with Crippen LogP contribution >= 0.6 is 21.6 Å². The zero-order chi connectivity index (χ0) is 24.3. The van der Waals surface area contributed by atoms with Crippen molar-refractivity contribution in [1.29, 1.82) is 0 Å². The monoisotopic (exact) mass is 489 g/mol. The van der Waals surface area contributed by atoms with Crippen LogP contribution in [0.25, 0.3) is 0 Å². The van der Waals surface area contributed by atoms with Crippen LogP contribution in [0.15, 0.2) is 12.2 Å². The topological polar surface area (TPSA) is 128 Å². The van der Waals surface area contributed by atoms with E-state index in [9.17, 15) is 24.6 Å². The van der Waals surface area contributed by atoms with Gasteiger partial charge in [0.2, 0.25) is 17.7 Å². The molecule has 0 bridgehead atoms. The van der Waals surface area contributed by atoms with Gasteiger partial charge in [0.15, 0.2) is 0 Å². The van der Waals surface area contributed by atoms with Crippen molar-refractivity contribution < 1.29 is 24.6 Å². The van der Waals surface area contributed by atoms with Gasteiger partial charge in [0, 0.05) is 11.5 Å². The lowest BCUT2D eigenvalue weighted by Crippen LogP contribution is -2.58. The van der Waals surface area contributed by atoms with Gasteiger partial charge in [-0.2, -0.15) is 0 Å². The van der Waals surface area contributed by atoms with Gasteiger partial charge in [0.25, 0.3) is 0 Å². The Bertz CT molecular complexity index is 645. The van der Waals surface area contributed by atoms with Crippen LogP contribution in [0.4, 0.5) is 0 Å². The second-order valence-electron chi connectivity index (χ2n) is 8.70. The third-order valence-corrected chi connectivity index (χ3v) is 7.64. The largest absolute Gasteiger partial charge is 0.391 e. The van der Waals surface area contributed by atoms with Gasteiger partial charge in [0.05, 0.1) is 24.7 Å². The molecule has 1 aliphatic heterocycles. The van der Waals surface area contributed by atoms with Gasteiger partial charge in [-0.15, -0.1) is 0 Å². The van der Waals surface area contributed by atoms with Crippen molar-refractivity contribution >= 4 is 39.3 Å². The fourth-order valence-electron chi connectivity index (χ4n) is 3.24. The van der Waals surface area contributed by atoms with E-state index in [0.717, 1.165) is 5.75 Å². The summed E-state index contributed by atoms with van der Waals surface area (Å²) in [5.41, 5.74) is 0. The number of amides is 3. The van der Waals surface area contributed by atoms with E-state index in [1.807, 2.05) is 26.8 Å². The van der Waals surface area contributed by atoms with Crippen molar-refractivity contribution in [2.75, 3.05) is 11.5 Å². The zero-order valence-corrected chi connectivity index (χ0v) is 21.3. The number of carbonyl (C=O) groups excluding carboxylic acids is 3. The molecule has 0 saturated carbocycles. The molecule has 184 valence electrons. The summed E-state index contributed by atoms with van der Waals surface area (Å²) in [6.07, 6.45) is 2.92. The predicted molar refractivity (Wildman–Crippen MR) is 131 cm³/mol. The highest BCUT2D eigenvalue weighted by Gasteiger charge is 2.31. The highest BCUT2D eigenvalue weighted by molar-refractivity contribution is 8.76. The molecule has 32 heavy (non-hydrogen) atoms. The van der Waals surface area contributed by atoms with Gasteiger partial charge in [-0.25, -0.2) is 0 Å². The Morgan fingerprint density at radius 1 is 1.22 bits per heavy atom. The maximum absolute atomic E-state index is 13.1. The highest BCUT2D eigenvalue weighted by atomic mass is 33.1. The molecule has 0 saturated heterocycles. The molecule has 1 rings (SSSR count). The Morgan fingerprint density at radius 3 is 2.50 bits per heavy atom. The van der Waals surface area contributed by atoms with Crippen molar-refractivity contribution in [1.82, 2.24) is 16.0 Å². The summed E-state index contributed by atoms with van der Waals surface area (Å²) in [5.74, 6) is -0.308. The molecule has 0 radical (unpaired) electrons. The van der Waals surface area contributed by atoms with Crippen LogP contribution in [-0.2, 0) is 14.4 Å². The van der Waals surface area contributed by atoms with Crippen LogP contribution in [0.3, 0.4) is 0 Å². The lowest BCUT2D eigenvalue weighted by molar-refractivity contribution is -0.133. The molecule has 3 amide bonds. The summed E-state index contributed by atoms with van der Waals surface area (Å²) in [6.45, 7) is 9.32. The van der Waals surface area contributed by atoms with Crippen LogP contribution in [0.5, 0.6) is 0 Å². The standard InChI is InChI=1S/C22H39N3O5S2/c1-6-17(27)19(13(2)3)25-21(29)16-12-32-31-10-8-7-9-15(26)11-18(28)24-20(14(4)5)22(30)23-16/h7,9,13-17,19-20,26-27H,6,8,10-12H2,1-5H3,(H,23,30)(H,24,28)(H,25,29)/b9-7+/t15-,16-,17+,19?,20-/m1/s1. The first-order chi connectivity index (χ1) is 15.1. The molecule has 8 nitrogen and oxygen atoms in total. The number of carbonyl (C=O) groups is 3. The minimum Gasteiger partial charge on any atom is -0.391 e.